The van der Waals surface area contributed by atoms with Crippen LogP contribution in [0, 0.1) is 6.92 Å². The van der Waals surface area contributed by atoms with E-state index >= 15 is 0 Å². The van der Waals surface area contributed by atoms with Gasteiger partial charge in [-0.1, -0.05) is 42.0 Å². The highest BCUT2D eigenvalue weighted by Crippen LogP contribution is 2.22. The zero-order valence-electron chi connectivity index (χ0n) is 10.1. The van der Waals surface area contributed by atoms with Gasteiger partial charge in [0.25, 0.3) is 0 Å². The molecule has 0 aliphatic carbocycles. The Kier molecular flexibility index (Phi) is 2.95. The number of nitrogens with zero attached hydrogens (tertiary/aromatic N) is 1. The van der Waals surface area contributed by atoms with Gasteiger partial charge in [-0.2, -0.15) is 0 Å². The molecule has 0 unspecified atom stereocenters. The number of hydrogen-bond acceptors (Lipinski definition) is 1. The fourth-order valence-electron chi connectivity index (χ4n) is 1.78. The van der Waals surface area contributed by atoms with Gasteiger partial charge in [-0.3, -0.25) is 0 Å². The van der Waals surface area contributed by atoms with E-state index in [1.807, 2.05) is 0 Å². The number of anilines is 1. The van der Waals surface area contributed by atoms with Crippen LogP contribution in [0.4, 0.5) is 5.69 Å². The van der Waals surface area contributed by atoms with Crippen LogP contribution in [0.3, 0.4) is 0 Å². The average molecular weight is 211 g/mol. The number of hydrogen-bond donors (Lipinski definition) is 0. The van der Waals surface area contributed by atoms with Crippen molar-refractivity contribution in [3.05, 3.63) is 54.1 Å². The van der Waals surface area contributed by atoms with Crippen LogP contribution in [0.15, 0.2) is 48.5 Å². The first kappa shape index (κ1) is 10.7. The lowest BCUT2D eigenvalue weighted by Crippen LogP contribution is -2.07. The summed E-state index contributed by atoms with van der Waals surface area (Å²) in [5.41, 5.74) is 5.09. The standard InChI is InChI=1S/C15H17N/c1-12-5-4-6-14(11-12)13-7-9-15(10-8-13)16(2)3/h4-11H,1-3H3. The van der Waals surface area contributed by atoms with Crippen molar-refractivity contribution in [1.29, 1.82) is 0 Å². The molecule has 2 aromatic rings. The van der Waals surface area contributed by atoms with E-state index in [1.54, 1.807) is 0 Å². The summed E-state index contributed by atoms with van der Waals surface area (Å²) in [5.74, 6) is 0. The van der Waals surface area contributed by atoms with Crippen molar-refractivity contribution in [3.8, 4) is 11.1 Å². The van der Waals surface area contributed by atoms with Crippen LogP contribution < -0.4 is 4.90 Å². The van der Waals surface area contributed by atoms with Gasteiger partial charge in [-0.05, 0) is 30.2 Å². The van der Waals surface area contributed by atoms with Crippen molar-refractivity contribution in [2.24, 2.45) is 0 Å². The minimum atomic E-state index is 1.23. The molecule has 0 N–H and O–H groups in total. The Morgan fingerprint density at radius 1 is 0.812 bits per heavy atom. The molecule has 0 amide bonds. The topological polar surface area (TPSA) is 3.24 Å². The van der Waals surface area contributed by atoms with Gasteiger partial charge in [-0.25, -0.2) is 0 Å². The summed E-state index contributed by atoms with van der Waals surface area (Å²) in [5, 5.41) is 0. The maximum absolute atomic E-state index is 2.21. The summed E-state index contributed by atoms with van der Waals surface area (Å²) in [6.45, 7) is 2.12. The molecular formula is C15H17N. The quantitative estimate of drug-likeness (QED) is 0.731. The SMILES string of the molecule is Cc1cccc(-c2ccc(N(C)C)cc2)c1. The van der Waals surface area contributed by atoms with E-state index in [2.05, 4.69) is 74.4 Å². The lowest BCUT2D eigenvalue weighted by atomic mass is 10.0. The summed E-state index contributed by atoms with van der Waals surface area (Å²) in [6.07, 6.45) is 0. The minimum Gasteiger partial charge on any atom is -0.378 e. The second kappa shape index (κ2) is 4.40. The molecule has 2 aromatic carbocycles. The molecule has 0 saturated heterocycles. The second-order valence-corrected chi connectivity index (χ2v) is 4.31. The van der Waals surface area contributed by atoms with Gasteiger partial charge in [0.05, 0.1) is 0 Å². The fourth-order valence-corrected chi connectivity index (χ4v) is 1.78. The zero-order chi connectivity index (χ0) is 11.5. The maximum Gasteiger partial charge on any atom is 0.0361 e. The van der Waals surface area contributed by atoms with E-state index in [0.717, 1.165) is 0 Å². The highest BCUT2D eigenvalue weighted by molar-refractivity contribution is 5.66. The van der Waals surface area contributed by atoms with Crippen LogP contribution in [0.5, 0.6) is 0 Å². The first-order chi connectivity index (χ1) is 7.66. The van der Waals surface area contributed by atoms with Gasteiger partial charge >= 0.3 is 0 Å². The molecule has 0 aromatic heterocycles. The predicted octanol–water partition coefficient (Wildman–Crippen LogP) is 3.73. The molecule has 0 heterocycles. The van der Waals surface area contributed by atoms with Crippen molar-refractivity contribution >= 4 is 5.69 Å². The van der Waals surface area contributed by atoms with Gasteiger partial charge in [0, 0.05) is 19.8 Å². The third kappa shape index (κ3) is 2.25. The number of aryl methyl sites for hydroxylation is 1. The molecule has 0 spiro atoms. The summed E-state index contributed by atoms with van der Waals surface area (Å²) >= 11 is 0. The van der Waals surface area contributed by atoms with E-state index in [1.165, 1.54) is 22.4 Å². The first-order valence-corrected chi connectivity index (χ1v) is 5.51. The Balaban J connectivity index is 2.35. The summed E-state index contributed by atoms with van der Waals surface area (Å²) in [7, 11) is 4.11. The number of rotatable bonds is 2. The minimum absolute atomic E-state index is 1.23. The Morgan fingerprint density at radius 3 is 2.06 bits per heavy atom. The molecule has 0 aliphatic rings. The Morgan fingerprint density at radius 2 is 1.50 bits per heavy atom. The van der Waals surface area contributed by atoms with E-state index in [-0.39, 0.29) is 0 Å². The summed E-state index contributed by atoms with van der Waals surface area (Å²) < 4.78 is 0. The second-order valence-electron chi connectivity index (χ2n) is 4.31. The molecule has 0 fully saturated rings. The van der Waals surface area contributed by atoms with Crippen molar-refractivity contribution < 1.29 is 0 Å². The number of benzene rings is 2. The Bertz CT molecular complexity index is 469. The molecule has 0 atom stereocenters. The predicted molar refractivity (Wildman–Crippen MR) is 70.9 cm³/mol. The molecule has 2 rings (SSSR count). The largest absolute Gasteiger partial charge is 0.378 e. The van der Waals surface area contributed by atoms with E-state index < -0.39 is 0 Å². The molecule has 0 aliphatic heterocycles. The molecule has 0 saturated carbocycles. The van der Waals surface area contributed by atoms with E-state index in [4.69, 9.17) is 0 Å². The maximum atomic E-state index is 2.21. The van der Waals surface area contributed by atoms with Crippen molar-refractivity contribution in [2.75, 3.05) is 19.0 Å². The molecule has 1 nitrogen and oxygen atoms in total. The summed E-state index contributed by atoms with van der Waals surface area (Å²) in [6, 6.07) is 17.2. The van der Waals surface area contributed by atoms with Crippen LogP contribution >= 0.6 is 0 Å². The molecular weight excluding hydrogens is 194 g/mol. The normalized spacial score (nSPS) is 10.2. The molecule has 0 bridgehead atoms. The zero-order valence-corrected chi connectivity index (χ0v) is 10.1. The highest BCUT2D eigenvalue weighted by Gasteiger charge is 1.99. The van der Waals surface area contributed by atoms with Gasteiger partial charge in [0.15, 0.2) is 0 Å². The van der Waals surface area contributed by atoms with Crippen LogP contribution in [0.25, 0.3) is 11.1 Å². The van der Waals surface area contributed by atoms with E-state index in [0.29, 0.717) is 0 Å². The Labute approximate surface area is 97.3 Å². The van der Waals surface area contributed by atoms with Crippen LogP contribution in [0.2, 0.25) is 0 Å². The van der Waals surface area contributed by atoms with Gasteiger partial charge < -0.3 is 4.90 Å². The van der Waals surface area contributed by atoms with Gasteiger partial charge in [-0.15, -0.1) is 0 Å². The summed E-state index contributed by atoms with van der Waals surface area (Å²) in [4.78, 5) is 2.11. The first-order valence-electron chi connectivity index (χ1n) is 5.51. The van der Waals surface area contributed by atoms with Gasteiger partial charge in [0.1, 0.15) is 0 Å². The van der Waals surface area contributed by atoms with Crippen LogP contribution in [-0.2, 0) is 0 Å². The molecule has 0 radical (unpaired) electrons. The van der Waals surface area contributed by atoms with E-state index in [9.17, 15) is 0 Å². The molecule has 16 heavy (non-hydrogen) atoms. The fraction of sp³-hybridized carbons (Fsp3) is 0.200. The van der Waals surface area contributed by atoms with Crippen LogP contribution in [-0.4, -0.2) is 14.1 Å². The van der Waals surface area contributed by atoms with Crippen molar-refractivity contribution in [2.45, 2.75) is 6.92 Å². The van der Waals surface area contributed by atoms with Crippen molar-refractivity contribution in [1.82, 2.24) is 0 Å². The van der Waals surface area contributed by atoms with Gasteiger partial charge in [0.2, 0.25) is 0 Å². The van der Waals surface area contributed by atoms with Crippen molar-refractivity contribution in [3.63, 3.8) is 0 Å². The monoisotopic (exact) mass is 211 g/mol. The third-order valence-corrected chi connectivity index (χ3v) is 2.74. The average Bonchev–Trinajstić information content (AvgIpc) is 2.29. The van der Waals surface area contributed by atoms with Crippen LogP contribution in [0.1, 0.15) is 5.56 Å². The third-order valence-electron chi connectivity index (χ3n) is 2.74. The lowest BCUT2D eigenvalue weighted by molar-refractivity contribution is 1.13. The smallest absolute Gasteiger partial charge is 0.0361 e. The molecule has 82 valence electrons. The Hall–Kier alpha value is -1.76. The lowest BCUT2D eigenvalue weighted by Gasteiger charge is -2.12. The highest BCUT2D eigenvalue weighted by atomic mass is 15.1. The molecule has 1 heteroatoms.